The molecule has 0 amide bonds. The molecule has 1 rings (SSSR count). The van der Waals surface area contributed by atoms with Gasteiger partial charge in [0.1, 0.15) is 11.3 Å². The Labute approximate surface area is 114 Å². The number of para-hydroxylation sites is 1. The molecule has 4 N–H and O–H groups in total. The molecular weight excluding hydrogens is 268 g/mol. The summed E-state index contributed by atoms with van der Waals surface area (Å²) >= 11 is 0. The average molecular weight is 284 g/mol. The largest absolute Gasteiger partial charge is 0.477 e. The molecule has 0 saturated heterocycles. The fourth-order valence-electron chi connectivity index (χ4n) is 1.74. The third-order valence-electron chi connectivity index (χ3n) is 3.13. The van der Waals surface area contributed by atoms with Gasteiger partial charge in [0.15, 0.2) is 0 Å². The molecule has 0 saturated carbocycles. The van der Waals surface area contributed by atoms with E-state index in [2.05, 4.69) is 5.32 Å². The Morgan fingerprint density at radius 2 is 2.00 bits per heavy atom. The van der Waals surface area contributed by atoms with Crippen LogP contribution in [0.15, 0.2) is 18.2 Å². The third kappa shape index (κ3) is 3.03. The zero-order valence-corrected chi connectivity index (χ0v) is 10.9. The highest BCUT2D eigenvalue weighted by atomic mass is 16.6. The van der Waals surface area contributed by atoms with Gasteiger partial charge in [0, 0.05) is 0 Å². The number of carbonyl (C=O) groups is 1. The SMILES string of the molecule is CCC(CO)(CO)Nc1cccc(C(=O)O)c1[N+](=O)[O-]. The molecule has 0 spiro atoms. The lowest BCUT2D eigenvalue weighted by atomic mass is 9.97. The number of nitrogens with zero attached hydrogens (tertiary/aromatic N) is 1. The molecule has 20 heavy (non-hydrogen) atoms. The first kappa shape index (κ1) is 15.9. The lowest BCUT2D eigenvalue weighted by molar-refractivity contribution is -0.384. The number of aliphatic hydroxyl groups is 2. The van der Waals surface area contributed by atoms with Crippen LogP contribution in [0.3, 0.4) is 0 Å². The minimum atomic E-state index is -1.42. The van der Waals surface area contributed by atoms with Gasteiger partial charge in [-0.3, -0.25) is 10.1 Å². The van der Waals surface area contributed by atoms with Gasteiger partial charge in [-0.15, -0.1) is 0 Å². The van der Waals surface area contributed by atoms with E-state index in [1.165, 1.54) is 12.1 Å². The maximum Gasteiger partial charge on any atom is 0.342 e. The molecule has 110 valence electrons. The van der Waals surface area contributed by atoms with Crippen LogP contribution in [0.2, 0.25) is 0 Å². The number of nitro groups is 1. The van der Waals surface area contributed by atoms with E-state index in [1.807, 2.05) is 0 Å². The van der Waals surface area contributed by atoms with Crippen molar-refractivity contribution in [3.63, 3.8) is 0 Å². The van der Waals surface area contributed by atoms with Gasteiger partial charge >= 0.3 is 11.7 Å². The van der Waals surface area contributed by atoms with E-state index in [1.54, 1.807) is 6.92 Å². The third-order valence-corrected chi connectivity index (χ3v) is 3.13. The molecule has 1 aromatic carbocycles. The minimum absolute atomic E-state index is 0.0557. The van der Waals surface area contributed by atoms with Gasteiger partial charge in [0.25, 0.3) is 0 Å². The predicted molar refractivity (Wildman–Crippen MR) is 70.9 cm³/mol. The number of carboxylic acid groups (broad SMARTS) is 1. The van der Waals surface area contributed by atoms with Crippen molar-refractivity contribution in [2.45, 2.75) is 18.9 Å². The van der Waals surface area contributed by atoms with E-state index >= 15 is 0 Å². The Balaban J connectivity index is 3.35. The summed E-state index contributed by atoms with van der Waals surface area (Å²) in [7, 11) is 0. The summed E-state index contributed by atoms with van der Waals surface area (Å²) in [6.45, 7) is 0.787. The zero-order valence-electron chi connectivity index (χ0n) is 10.9. The van der Waals surface area contributed by atoms with E-state index in [9.17, 15) is 25.1 Å². The van der Waals surface area contributed by atoms with Crippen molar-refractivity contribution in [3.05, 3.63) is 33.9 Å². The Bertz CT molecular complexity index is 504. The Hall–Kier alpha value is -2.19. The summed E-state index contributed by atoms with van der Waals surface area (Å²) in [6.07, 6.45) is 0.300. The number of nitro benzene ring substituents is 1. The number of rotatable bonds is 7. The molecule has 8 nitrogen and oxygen atoms in total. The number of anilines is 1. The second-order valence-corrected chi connectivity index (χ2v) is 4.34. The van der Waals surface area contributed by atoms with Crippen LogP contribution in [0.5, 0.6) is 0 Å². The molecule has 0 aliphatic heterocycles. The molecule has 0 radical (unpaired) electrons. The fraction of sp³-hybridized carbons (Fsp3) is 0.417. The van der Waals surface area contributed by atoms with E-state index in [0.29, 0.717) is 6.42 Å². The minimum Gasteiger partial charge on any atom is -0.477 e. The van der Waals surface area contributed by atoms with Crippen molar-refractivity contribution in [1.82, 2.24) is 0 Å². The number of hydrogen-bond donors (Lipinski definition) is 4. The van der Waals surface area contributed by atoms with Crippen molar-refractivity contribution in [2.75, 3.05) is 18.5 Å². The van der Waals surface area contributed by atoms with E-state index in [0.717, 1.165) is 6.07 Å². The summed E-state index contributed by atoms with van der Waals surface area (Å²) in [4.78, 5) is 21.3. The summed E-state index contributed by atoms with van der Waals surface area (Å²) in [5.74, 6) is -1.42. The topological polar surface area (TPSA) is 133 Å². The predicted octanol–water partition coefficient (Wildman–Crippen LogP) is 0.838. The highest BCUT2D eigenvalue weighted by Gasteiger charge is 2.31. The van der Waals surface area contributed by atoms with Crippen LogP contribution in [-0.4, -0.2) is 45.0 Å². The van der Waals surface area contributed by atoms with Crippen molar-refractivity contribution in [2.24, 2.45) is 0 Å². The van der Waals surface area contributed by atoms with Crippen LogP contribution < -0.4 is 5.32 Å². The van der Waals surface area contributed by atoms with Crippen molar-refractivity contribution in [3.8, 4) is 0 Å². The molecule has 0 aromatic heterocycles. The molecule has 0 fully saturated rings. The fourth-order valence-corrected chi connectivity index (χ4v) is 1.74. The van der Waals surface area contributed by atoms with Gasteiger partial charge in [-0.1, -0.05) is 13.0 Å². The maximum absolute atomic E-state index is 11.1. The molecule has 0 atom stereocenters. The van der Waals surface area contributed by atoms with Crippen LogP contribution in [0.1, 0.15) is 23.7 Å². The Morgan fingerprint density at radius 1 is 1.40 bits per heavy atom. The molecule has 0 unspecified atom stereocenters. The Kier molecular flexibility index (Phi) is 5.00. The summed E-state index contributed by atoms with van der Waals surface area (Å²) in [5, 5.41) is 41.4. The highest BCUT2D eigenvalue weighted by molar-refractivity contribution is 5.95. The first-order valence-corrected chi connectivity index (χ1v) is 5.91. The molecule has 8 heteroatoms. The van der Waals surface area contributed by atoms with Crippen LogP contribution in [-0.2, 0) is 0 Å². The first-order chi connectivity index (χ1) is 9.40. The molecule has 1 aromatic rings. The van der Waals surface area contributed by atoms with Crippen LogP contribution in [0, 0.1) is 10.1 Å². The Morgan fingerprint density at radius 3 is 2.40 bits per heavy atom. The zero-order chi connectivity index (χ0) is 15.3. The van der Waals surface area contributed by atoms with Crippen LogP contribution >= 0.6 is 0 Å². The molecule has 0 aliphatic rings. The van der Waals surface area contributed by atoms with Crippen LogP contribution in [0.25, 0.3) is 0 Å². The van der Waals surface area contributed by atoms with Crippen LogP contribution in [0.4, 0.5) is 11.4 Å². The number of aliphatic hydroxyl groups excluding tert-OH is 2. The van der Waals surface area contributed by atoms with E-state index in [-0.39, 0.29) is 5.69 Å². The van der Waals surface area contributed by atoms with Gasteiger partial charge in [-0.05, 0) is 18.6 Å². The molecule has 0 heterocycles. The second-order valence-electron chi connectivity index (χ2n) is 4.34. The summed E-state index contributed by atoms with van der Waals surface area (Å²) in [5.41, 5.74) is -2.26. The monoisotopic (exact) mass is 284 g/mol. The summed E-state index contributed by atoms with van der Waals surface area (Å²) < 4.78 is 0. The van der Waals surface area contributed by atoms with Crippen molar-refractivity contribution in [1.29, 1.82) is 0 Å². The van der Waals surface area contributed by atoms with Gasteiger partial charge < -0.3 is 20.6 Å². The van der Waals surface area contributed by atoms with E-state index in [4.69, 9.17) is 5.11 Å². The van der Waals surface area contributed by atoms with Gasteiger partial charge in [0.05, 0.1) is 23.7 Å². The lowest BCUT2D eigenvalue weighted by Gasteiger charge is -2.30. The second kappa shape index (κ2) is 6.31. The highest BCUT2D eigenvalue weighted by Crippen LogP contribution is 2.31. The quantitative estimate of drug-likeness (QED) is 0.430. The molecule has 0 bridgehead atoms. The number of hydrogen-bond acceptors (Lipinski definition) is 6. The first-order valence-electron chi connectivity index (χ1n) is 5.91. The summed E-state index contributed by atoms with van der Waals surface area (Å²) in [6, 6.07) is 3.81. The normalized spacial score (nSPS) is 11.2. The van der Waals surface area contributed by atoms with Gasteiger partial charge in [0.2, 0.25) is 0 Å². The van der Waals surface area contributed by atoms with Crippen molar-refractivity contribution < 1.29 is 25.0 Å². The van der Waals surface area contributed by atoms with Gasteiger partial charge in [-0.2, -0.15) is 0 Å². The molecular formula is C12H16N2O6. The number of nitrogens with one attached hydrogen (secondary N) is 1. The van der Waals surface area contributed by atoms with E-state index < -0.39 is 40.9 Å². The standard InChI is InChI=1S/C12H16N2O6/c1-2-12(6-15,7-16)13-9-5-3-4-8(11(17)18)10(9)14(19)20/h3-5,13,15-16H,2,6-7H2,1H3,(H,17,18). The van der Waals surface area contributed by atoms with Gasteiger partial charge in [-0.25, -0.2) is 4.79 Å². The maximum atomic E-state index is 11.1. The number of carboxylic acids is 1. The number of benzene rings is 1. The number of aromatic carboxylic acids is 1. The smallest absolute Gasteiger partial charge is 0.342 e. The molecule has 0 aliphatic carbocycles. The average Bonchev–Trinajstić information content (AvgIpc) is 2.44. The lowest BCUT2D eigenvalue weighted by Crippen LogP contribution is -2.45. The van der Waals surface area contributed by atoms with Crippen molar-refractivity contribution >= 4 is 17.3 Å².